The van der Waals surface area contributed by atoms with E-state index in [0.29, 0.717) is 38.8 Å². The molecule has 0 bridgehead atoms. The SMILES string of the molecule is [Ni+2].[O-]/C(=C\C(Cc1ccccc1)=NCCN=C(/C=C(\[O-])Cc1ccccc1)Cc1ccccc1)Cc1ccccc1.c1ccncc1. The zero-order valence-electron chi connectivity index (χ0n) is 26.3. The predicted molar refractivity (Wildman–Crippen MR) is 186 cm³/mol. The summed E-state index contributed by atoms with van der Waals surface area (Å²) in [7, 11) is 0. The van der Waals surface area contributed by atoms with Gasteiger partial charge in [-0.3, -0.25) is 15.0 Å². The van der Waals surface area contributed by atoms with E-state index in [0.717, 1.165) is 33.7 Å². The third-order valence-corrected chi connectivity index (χ3v) is 6.85. The van der Waals surface area contributed by atoms with Crippen LogP contribution in [0.4, 0.5) is 0 Å². The second-order valence-corrected chi connectivity index (χ2v) is 10.6. The van der Waals surface area contributed by atoms with E-state index in [2.05, 4.69) is 4.98 Å². The van der Waals surface area contributed by atoms with Gasteiger partial charge in [-0.25, -0.2) is 0 Å². The van der Waals surface area contributed by atoms with Gasteiger partial charge >= 0.3 is 16.5 Å². The summed E-state index contributed by atoms with van der Waals surface area (Å²) in [6, 6.07) is 45.2. The van der Waals surface area contributed by atoms with E-state index < -0.39 is 0 Å². The summed E-state index contributed by atoms with van der Waals surface area (Å²) >= 11 is 0. The van der Waals surface area contributed by atoms with E-state index in [1.807, 2.05) is 140 Å². The zero-order valence-corrected chi connectivity index (χ0v) is 27.3. The van der Waals surface area contributed by atoms with Crippen molar-refractivity contribution < 1.29 is 26.7 Å². The molecule has 0 N–H and O–H groups in total. The van der Waals surface area contributed by atoms with Crippen molar-refractivity contribution in [1.29, 1.82) is 0 Å². The van der Waals surface area contributed by atoms with Gasteiger partial charge in [-0.15, -0.1) is 11.5 Å². The molecule has 0 saturated heterocycles. The molecule has 0 atom stereocenters. The topological polar surface area (TPSA) is 83.7 Å². The summed E-state index contributed by atoms with van der Waals surface area (Å²) in [4.78, 5) is 13.3. The third kappa shape index (κ3) is 15.2. The molecule has 0 fully saturated rings. The fourth-order valence-corrected chi connectivity index (χ4v) is 4.68. The summed E-state index contributed by atoms with van der Waals surface area (Å²) in [5.74, 6) is 0.0444. The maximum absolute atomic E-state index is 12.8. The van der Waals surface area contributed by atoms with Crippen molar-refractivity contribution in [3.8, 4) is 0 Å². The number of benzene rings is 4. The van der Waals surface area contributed by atoms with Gasteiger partial charge in [0.15, 0.2) is 0 Å². The van der Waals surface area contributed by atoms with Crippen LogP contribution < -0.4 is 10.2 Å². The Morgan fingerprint density at radius 1 is 0.447 bits per heavy atom. The quantitative estimate of drug-likeness (QED) is 0.0632. The van der Waals surface area contributed by atoms with Gasteiger partial charge < -0.3 is 10.2 Å². The number of aromatic nitrogens is 1. The summed E-state index contributed by atoms with van der Waals surface area (Å²) < 4.78 is 0. The Kier molecular flexibility index (Phi) is 16.8. The van der Waals surface area contributed by atoms with Crippen LogP contribution in [0.2, 0.25) is 0 Å². The van der Waals surface area contributed by atoms with E-state index in [9.17, 15) is 10.2 Å². The average Bonchev–Trinajstić information content (AvgIpc) is 3.09. The third-order valence-electron chi connectivity index (χ3n) is 6.85. The van der Waals surface area contributed by atoms with Gasteiger partial charge in [-0.05, 0) is 47.2 Å². The fraction of sp³-hybridized carbons (Fsp3) is 0.146. The molecule has 5 rings (SSSR count). The second kappa shape index (κ2) is 21.6. The molecule has 5 nitrogen and oxygen atoms in total. The maximum atomic E-state index is 12.8. The van der Waals surface area contributed by atoms with Crippen molar-refractivity contribution in [3.05, 3.63) is 198 Å². The van der Waals surface area contributed by atoms with E-state index in [-0.39, 0.29) is 28.0 Å². The second-order valence-electron chi connectivity index (χ2n) is 10.6. The minimum atomic E-state index is 0. The zero-order chi connectivity index (χ0) is 32.1. The summed E-state index contributed by atoms with van der Waals surface area (Å²) in [5.41, 5.74) is 5.62. The minimum Gasteiger partial charge on any atom is -0.875 e. The summed E-state index contributed by atoms with van der Waals surface area (Å²) in [5, 5.41) is 25.6. The number of rotatable bonds is 13. The standard InChI is InChI=1S/C36H36N2O2.C5H5N.Ni/c39-35(25-31-17-9-3-10-18-31)27-33(23-29-13-5-1-6-14-29)37-21-22-38-34(24-30-15-7-2-8-16-30)28-36(40)26-32-19-11-4-12-20-32;1-2-4-6-5-3-1;/h1-20,27-28,39-40H,21-26H2;1-5H;/q;;+2/p-2/b35-27-,36-28-,37-33?,38-34?;;. The van der Waals surface area contributed by atoms with Crippen molar-refractivity contribution in [3.63, 3.8) is 0 Å². The molecule has 1 heterocycles. The number of nitrogens with zero attached hydrogens (tertiary/aromatic N) is 3. The molecule has 240 valence electrons. The van der Waals surface area contributed by atoms with Gasteiger partial charge in [0.2, 0.25) is 0 Å². The first-order valence-electron chi connectivity index (χ1n) is 15.5. The Bertz CT molecular complexity index is 1530. The first-order chi connectivity index (χ1) is 22.6. The van der Waals surface area contributed by atoms with Crippen LogP contribution in [0.15, 0.2) is 186 Å². The van der Waals surface area contributed by atoms with E-state index in [1.165, 1.54) is 0 Å². The molecule has 0 aliphatic carbocycles. The van der Waals surface area contributed by atoms with Crippen LogP contribution in [-0.4, -0.2) is 29.5 Å². The number of pyridine rings is 1. The van der Waals surface area contributed by atoms with Crippen LogP contribution in [0.5, 0.6) is 0 Å². The normalized spacial score (nSPS) is 12.0. The Labute approximate surface area is 288 Å². The average molecular weight is 664 g/mol. The van der Waals surface area contributed by atoms with Crippen LogP contribution in [0.3, 0.4) is 0 Å². The number of aliphatic imine (C=N–C) groups is 2. The first-order valence-corrected chi connectivity index (χ1v) is 15.5. The van der Waals surface area contributed by atoms with E-state index in [1.54, 1.807) is 24.5 Å². The maximum Gasteiger partial charge on any atom is 2.00 e. The molecule has 6 heteroatoms. The van der Waals surface area contributed by atoms with Crippen LogP contribution in [-0.2, 0) is 42.2 Å². The van der Waals surface area contributed by atoms with E-state index in [4.69, 9.17) is 9.98 Å². The van der Waals surface area contributed by atoms with Crippen LogP contribution in [0.25, 0.3) is 0 Å². The molecule has 0 aliphatic heterocycles. The molecule has 1 aromatic heterocycles. The largest absolute Gasteiger partial charge is 2.00 e. The van der Waals surface area contributed by atoms with Crippen molar-refractivity contribution in [1.82, 2.24) is 4.98 Å². The van der Waals surface area contributed by atoms with E-state index >= 15 is 0 Å². The minimum absolute atomic E-state index is 0. The predicted octanol–water partition coefficient (Wildman–Crippen LogP) is 6.41. The molecule has 47 heavy (non-hydrogen) atoms. The number of hydrogen-bond donors (Lipinski definition) is 0. The Hall–Kier alpha value is -5.06. The monoisotopic (exact) mass is 663 g/mol. The van der Waals surface area contributed by atoms with Gasteiger partial charge in [0.05, 0.1) is 13.1 Å². The van der Waals surface area contributed by atoms with Gasteiger partial charge in [0.1, 0.15) is 0 Å². The van der Waals surface area contributed by atoms with Gasteiger partial charge in [0.25, 0.3) is 0 Å². The Morgan fingerprint density at radius 3 is 1.02 bits per heavy atom. The Morgan fingerprint density at radius 2 is 0.745 bits per heavy atom. The molecular formula is C41H39N3NiO2. The van der Waals surface area contributed by atoms with Gasteiger partial charge in [-0.2, -0.15) is 0 Å². The van der Waals surface area contributed by atoms with Crippen molar-refractivity contribution in [2.75, 3.05) is 13.1 Å². The molecule has 0 spiro atoms. The molecule has 0 aliphatic rings. The van der Waals surface area contributed by atoms with Crippen molar-refractivity contribution >= 4 is 11.4 Å². The van der Waals surface area contributed by atoms with Gasteiger partial charge in [-0.1, -0.05) is 140 Å². The molecule has 0 amide bonds. The summed E-state index contributed by atoms with van der Waals surface area (Å²) in [6.45, 7) is 0.854. The number of allylic oxidation sites excluding steroid dienone is 4. The molecule has 0 unspecified atom stereocenters. The number of hydrogen-bond acceptors (Lipinski definition) is 5. The molecule has 4 aromatic carbocycles. The van der Waals surface area contributed by atoms with Gasteiger partial charge in [0, 0.05) is 36.7 Å². The smallest absolute Gasteiger partial charge is 0.875 e. The summed E-state index contributed by atoms with van der Waals surface area (Å²) in [6.07, 6.45) is 8.64. The van der Waals surface area contributed by atoms with Crippen LogP contribution in [0, 0.1) is 0 Å². The van der Waals surface area contributed by atoms with Crippen molar-refractivity contribution in [2.24, 2.45) is 9.98 Å². The molecule has 5 aromatic rings. The fourth-order valence-electron chi connectivity index (χ4n) is 4.68. The molecule has 0 radical (unpaired) electrons. The Balaban J connectivity index is 0.000000770. The van der Waals surface area contributed by atoms with Crippen LogP contribution in [0.1, 0.15) is 22.3 Å². The molecular weight excluding hydrogens is 625 g/mol. The molecule has 0 saturated carbocycles. The van der Waals surface area contributed by atoms with Crippen LogP contribution >= 0.6 is 0 Å². The first kappa shape index (κ1) is 36.4. The van der Waals surface area contributed by atoms with Crippen molar-refractivity contribution in [2.45, 2.75) is 25.7 Å².